The number of nitrogens with zero attached hydrogens (tertiary/aromatic N) is 4. The first-order valence-corrected chi connectivity index (χ1v) is 12.0. The number of aromatic nitrogens is 1. The highest BCUT2D eigenvalue weighted by molar-refractivity contribution is 7.23. The average molecular weight is 489 g/mol. The molecule has 0 aliphatic carbocycles. The molecule has 4 rings (SSSR count). The summed E-state index contributed by atoms with van der Waals surface area (Å²) in [7, 11) is 0. The molecule has 1 saturated heterocycles. The number of rotatable bonds is 8. The van der Waals surface area contributed by atoms with Gasteiger partial charge in [-0.25, -0.2) is 4.98 Å². The van der Waals surface area contributed by atoms with E-state index in [-0.39, 0.29) is 18.0 Å². The van der Waals surface area contributed by atoms with Gasteiger partial charge in [-0.1, -0.05) is 41.1 Å². The third kappa shape index (κ3) is 5.67. The molecular weight excluding hydrogens is 464 g/mol. The standard InChI is InChI=1S/C23H25ClN4O4S/c1-16-3-8-19(24)22-21(16)25-23(33-22)27(10-2-9-26-11-13-32-14-12-26)20(29)15-17-4-6-18(7-5-17)28(30)31/h3-8H,2,9-15H2,1H3. The second-order valence-electron chi connectivity index (χ2n) is 7.99. The van der Waals surface area contributed by atoms with Gasteiger partial charge in [0.15, 0.2) is 5.13 Å². The molecule has 8 nitrogen and oxygen atoms in total. The lowest BCUT2D eigenvalue weighted by Gasteiger charge is -2.27. The quantitative estimate of drug-likeness (QED) is 0.343. The molecule has 2 aromatic carbocycles. The van der Waals surface area contributed by atoms with E-state index in [9.17, 15) is 14.9 Å². The largest absolute Gasteiger partial charge is 0.379 e. The number of nitro groups is 1. The van der Waals surface area contributed by atoms with Gasteiger partial charge in [0, 0.05) is 38.3 Å². The van der Waals surface area contributed by atoms with Crippen LogP contribution in [0.3, 0.4) is 0 Å². The topological polar surface area (TPSA) is 88.8 Å². The molecule has 0 bridgehead atoms. The van der Waals surface area contributed by atoms with Crippen molar-refractivity contribution in [3.8, 4) is 0 Å². The first-order valence-electron chi connectivity index (χ1n) is 10.8. The first kappa shape index (κ1) is 23.6. The van der Waals surface area contributed by atoms with Gasteiger partial charge in [-0.2, -0.15) is 0 Å². The van der Waals surface area contributed by atoms with Crippen LogP contribution in [0.1, 0.15) is 17.5 Å². The number of nitro benzene ring substituents is 1. The summed E-state index contributed by atoms with van der Waals surface area (Å²) < 4.78 is 6.28. The van der Waals surface area contributed by atoms with Crippen molar-refractivity contribution < 1.29 is 14.5 Å². The smallest absolute Gasteiger partial charge is 0.269 e. The Morgan fingerprint density at radius 1 is 1.24 bits per heavy atom. The van der Waals surface area contributed by atoms with Crippen LogP contribution in [-0.2, 0) is 16.0 Å². The molecule has 0 radical (unpaired) electrons. The van der Waals surface area contributed by atoms with Gasteiger partial charge < -0.3 is 4.74 Å². The SMILES string of the molecule is Cc1ccc(Cl)c2sc(N(CCCN3CCOCC3)C(=O)Cc3ccc([N+](=O)[O-])cc3)nc12. The van der Waals surface area contributed by atoms with Crippen LogP contribution in [0.15, 0.2) is 36.4 Å². The number of halogens is 1. The summed E-state index contributed by atoms with van der Waals surface area (Å²) in [4.78, 5) is 32.6. The van der Waals surface area contributed by atoms with Crippen LogP contribution < -0.4 is 4.90 Å². The molecule has 1 fully saturated rings. The lowest BCUT2D eigenvalue weighted by Crippen LogP contribution is -2.39. The summed E-state index contributed by atoms with van der Waals surface area (Å²) in [6.45, 7) is 6.63. The predicted octanol–water partition coefficient (Wildman–Crippen LogP) is 4.46. The molecule has 0 spiro atoms. The Hall–Kier alpha value is -2.59. The predicted molar refractivity (Wildman–Crippen MR) is 130 cm³/mol. The molecule has 1 aliphatic rings. The molecule has 2 heterocycles. The van der Waals surface area contributed by atoms with E-state index in [1.165, 1.54) is 23.5 Å². The van der Waals surface area contributed by atoms with E-state index in [2.05, 4.69) is 4.90 Å². The number of amides is 1. The number of thiazole rings is 1. The second-order valence-corrected chi connectivity index (χ2v) is 9.38. The molecule has 1 amide bonds. The van der Waals surface area contributed by atoms with E-state index < -0.39 is 4.92 Å². The molecule has 0 saturated carbocycles. The Morgan fingerprint density at radius 2 is 1.97 bits per heavy atom. The summed E-state index contributed by atoms with van der Waals surface area (Å²) in [6, 6.07) is 9.87. The van der Waals surface area contributed by atoms with Gasteiger partial charge in [0.05, 0.1) is 39.8 Å². The molecule has 3 aromatic rings. The summed E-state index contributed by atoms with van der Waals surface area (Å²) in [6.07, 6.45) is 0.937. The van der Waals surface area contributed by atoms with Crippen LogP contribution >= 0.6 is 22.9 Å². The number of anilines is 1. The number of ether oxygens (including phenoxy) is 1. The van der Waals surface area contributed by atoms with Gasteiger partial charge in [0.1, 0.15) is 0 Å². The Balaban J connectivity index is 1.55. The summed E-state index contributed by atoms with van der Waals surface area (Å²) in [5.74, 6) is -0.0985. The van der Waals surface area contributed by atoms with Gasteiger partial charge in [-0.15, -0.1) is 0 Å². The summed E-state index contributed by atoms with van der Waals surface area (Å²) in [5.41, 5.74) is 2.54. The molecule has 1 aromatic heterocycles. The van der Waals surface area contributed by atoms with Crippen molar-refractivity contribution >= 4 is 49.9 Å². The van der Waals surface area contributed by atoms with Crippen molar-refractivity contribution in [1.82, 2.24) is 9.88 Å². The number of benzene rings is 2. The van der Waals surface area contributed by atoms with Crippen LogP contribution in [0.4, 0.5) is 10.8 Å². The molecule has 0 N–H and O–H groups in total. The maximum Gasteiger partial charge on any atom is 0.269 e. The molecule has 33 heavy (non-hydrogen) atoms. The monoisotopic (exact) mass is 488 g/mol. The number of aryl methyl sites for hydroxylation is 1. The number of hydrogen-bond donors (Lipinski definition) is 0. The zero-order valence-electron chi connectivity index (χ0n) is 18.3. The number of carbonyl (C=O) groups excluding carboxylic acids is 1. The van der Waals surface area contributed by atoms with E-state index in [4.69, 9.17) is 21.3 Å². The Bertz CT molecular complexity index is 1110. The zero-order chi connectivity index (χ0) is 23.4. The fourth-order valence-corrected chi connectivity index (χ4v) is 5.18. The zero-order valence-corrected chi connectivity index (χ0v) is 19.9. The maximum absolute atomic E-state index is 13.4. The molecular formula is C23H25ClN4O4S. The van der Waals surface area contributed by atoms with Crippen LogP contribution in [0.25, 0.3) is 10.2 Å². The normalized spacial score (nSPS) is 14.5. The van der Waals surface area contributed by atoms with Crippen molar-refractivity contribution in [2.75, 3.05) is 44.3 Å². The molecule has 0 atom stereocenters. The van der Waals surface area contributed by atoms with Crippen LogP contribution in [-0.4, -0.2) is 60.1 Å². The van der Waals surface area contributed by atoms with E-state index in [1.54, 1.807) is 17.0 Å². The van der Waals surface area contributed by atoms with E-state index in [0.717, 1.165) is 60.6 Å². The van der Waals surface area contributed by atoms with Gasteiger partial charge in [0.2, 0.25) is 5.91 Å². The fraction of sp³-hybridized carbons (Fsp3) is 0.391. The van der Waals surface area contributed by atoms with E-state index in [0.29, 0.717) is 16.7 Å². The second kappa shape index (κ2) is 10.6. The number of morpholine rings is 1. The highest BCUT2D eigenvalue weighted by atomic mass is 35.5. The molecule has 174 valence electrons. The van der Waals surface area contributed by atoms with E-state index >= 15 is 0 Å². The van der Waals surface area contributed by atoms with Crippen molar-refractivity contribution in [1.29, 1.82) is 0 Å². The highest BCUT2D eigenvalue weighted by Crippen LogP contribution is 2.36. The van der Waals surface area contributed by atoms with Gasteiger partial charge in [0.25, 0.3) is 5.69 Å². The lowest BCUT2D eigenvalue weighted by atomic mass is 10.1. The van der Waals surface area contributed by atoms with E-state index in [1.807, 2.05) is 19.1 Å². The van der Waals surface area contributed by atoms with Crippen molar-refractivity contribution in [2.45, 2.75) is 19.8 Å². The van der Waals surface area contributed by atoms with Crippen LogP contribution in [0, 0.1) is 17.0 Å². The Kier molecular flexibility index (Phi) is 7.54. The highest BCUT2D eigenvalue weighted by Gasteiger charge is 2.22. The minimum absolute atomic E-state index is 0.00450. The Morgan fingerprint density at radius 3 is 2.64 bits per heavy atom. The maximum atomic E-state index is 13.4. The minimum Gasteiger partial charge on any atom is -0.379 e. The lowest BCUT2D eigenvalue weighted by molar-refractivity contribution is -0.384. The van der Waals surface area contributed by atoms with Crippen LogP contribution in [0.5, 0.6) is 0 Å². The molecule has 1 aliphatic heterocycles. The van der Waals surface area contributed by atoms with Crippen molar-refractivity contribution in [3.63, 3.8) is 0 Å². The molecule has 0 unspecified atom stereocenters. The van der Waals surface area contributed by atoms with Crippen LogP contribution in [0.2, 0.25) is 5.02 Å². The number of hydrogen-bond acceptors (Lipinski definition) is 7. The van der Waals surface area contributed by atoms with Crippen molar-refractivity contribution in [3.05, 3.63) is 62.7 Å². The van der Waals surface area contributed by atoms with Crippen molar-refractivity contribution in [2.24, 2.45) is 0 Å². The van der Waals surface area contributed by atoms with Gasteiger partial charge in [-0.05, 0) is 30.5 Å². The first-order chi connectivity index (χ1) is 15.9. The number of carbonyl (C=O) groups is 1. The number of fused-ring (bicyclic) bond motifs is 1. The number of non-ortho nitro benzene ring substituents is 1. The fourth-order valence-electron chi connectivity index (χ4n) is 3.82. The summed E-state index contributed by atoms with van der Waals surface area (Å²) >= 11 is 7.81. The summed E-state index contributed by atoms with van der Waals surface area (Å²) in [5, 5.41) is 12.2. The third-order valence-electron chi connectivity index (χ3n) is 5.68. The third-order valence-corrected chi connectivity index (χ3v) is 7.22. The van der Waals surface area contributed by atoms with Gasteiger partial charge >= 0.3 is 0 Å². The van der Waals surface area contributed by atoms with Gasteiger partial charge in [-0.3, -0.25) is 24.7 Å². The molecule has 10 heteroatoms. The Labute approximate surface area is 200 Å². The average Bonchev–Trinajstić information content (AvgIpc) is 3.26. The minimum atomic E-state index is -0.448.